The molecule has 0 atom stereocenters. The number of halogens is 4. The number of ether oxygens (including phenoxy) is 3. The van der Waals surface area contributed by atoms with Gasteiger partial charge < -0.3 is 24.8 Å². The summed E-state index contributed by atoms with van der Waals surface area (Å²) in [5.74, 6) is -0.959. The van der Waals surface area contributed by atoms with E-state index in [1.807, 2.05) is 0 Å². The van der Waals surface area contributed by atoms with Crippen molar-refractivity contribution in [3.63, 3.8) is 0 Å². The Morgan fingerprint density at radius 2 is 1.57 bits per heavy atom. The van der Waals surface area contributed by atoms with Crippen molar-refractivity contribution < 1.29 is 41.4 Å². The number of hydrogen-bond acceptors (Lipinski definition) is 8. The fourth-order valence-electron chi connectivity index (χ4n) is 4.25. The van der Waals surface area contributed by atoms with Gasteiger partial charge in [0.2, 0.25) is 11.7 Å². The fraction of sp³-hybridized carbons (Fsp3) is 0.290. The van der Waals surface area contributed by atoms with Gasteiger partial charge in [0, 0.05) is 5.56 Å². The Labute approximate surface area is 266 Å². The van der Waals surface area contributed by atoms with E-state index in [1.165, 1.54) is 47.0 Å². The molecule has 0 bridgehead atoms. The summed E-state index contributed by atoms with van der Waals surface area (Å²) in [6.07, 6.45) is -4.63. The topological polar surface area (TPSA) is 117 Å². The van der Waals surface area contributed by atoms with Crippen LogP contribution in [0.2, 0.25) is 0 Å². The minimum absolute atomic E-state index is 0.0230. The first-order valence-electron chi connectivity index (χ1n) is 14.2. The Balaban J connectivity index is 1.61. The summed E-state index contributed by atoms with van der Waals surface area (Å²) in [6, 6.07) is 13.1. The lowest BCUT2D eigenvalue weighted by Crippen LogP contribution is -2.25. The molecule has 4 rings (SSSR count). The smallest absolute Gasteiger partial charge is 0.416 e. The number of carbonyl (C=O) groups is 2. The number of aromatic nitrogens is 3. The maximum Gasteiger partial charge on any atom is 0.416 e. The molecule has 0 fully saturated rings. The molecule has 3 aromatic carbocycles. The van der Waals surface area contributed by atoms with Gasteiger partial charge in [-0.2, -0.15) is 13.2 Å². The minimum Gasteiger partial charge on any atom is -0.490 e. The largest absolute Gasteiger partial charge is 0.490 e. The normalized spacial score (nSPS) is 11.2. The van der Waals surface area contributed by atoms with Crippen molar-refractivity contribution in [2.75, 3.05) is 30.9 Å². The number of nitrogens with zero attached hydrogens (tertiary/aromatic N) is 3. The van der Waals surface area contributed by atoms with Gasteiger partial charge in [0.05, 0.1) is 49.1 Å². The van der Waals surface area contributed by atoms with Gasteiger partial charge in [0.15, 0.2) is 22.5 Å². The van der Waals surface area contributed by atoms with E-state index in [-0.39, 0.29) is 40.2 Å². The predicted molar refractivity (Wildman–Crippen MR) is 163 cm³/mol. The quantitative estimate of drug-likeness (QED) is 0.120. The van der Waals surface area contributed by atoms with E-state index in [9.17, 15) is 27.2 Å². The Kier molecular flexibility index (Phi) is 11.5. The maximum atomic E-state index is 14.0. The zero-order valence-electron chi connectivity index (χ0n) is 25.1. The zero-order valence-corrected chi connectivity index (χ0v) is 25.9. The summed E-state index contributed by atoms with van der Waals surface area (Å²) >= 11 is 0.875. The van der Waals surface area contributed by atoms with Gasteiger partial charge in [0.25, 0.3) is 5.91 Å². The van der Waals surface area contributed by atoms with E-state index < -0.39 is 29.4 Å². The van der Waals surface area contributed by atoms with E-state index in [2.05, 4.69) is 20.8 Å². The van der Waals surface area contributed by atoms with Gasteiger partial charge in [-0.15, -0.1) is 10.2 Å². The lowest BCUT2D eigenvalue weighted by molar-refractivity contribution is -0.137. The number of carbonyl (C=O) groups excluding carboxylic acids is 2. The van der Waals surface area contributed by atoms with Gasteiger partial charge in [-0.05, 0) is 63.2 Å². The molecule has 244 valence electrons. The van der Waals surface area contributed by atoms with E-state index in [1.54, 1.807) is 26.8 Å². The molecule has 0 saturated carbocycles. The Bertz CT molecular complexity index is 1650. The SMILES string of the molecule is CCOc1cc(C(=O)NCc2nnc(SCC(=O)Nc3ccccc3F)n2-c2cccc(C(F)(F)F)c2)cc(OCC)c1OCC. The van der Waals surface area contributed by atoms with Crippen molar-refractivity contribution in [2.24, 2.45) is 0 Å². The molecule has 0 saturated heterocycles. The summed E-state index contributed by atoms with van der Waals surface area (Å²) in [7, 11) is 0. The molecule has 4 aromatic rings. The van der Waals surface area contributed by atoms with Crippen molar-refractivity contribution in [3.05, 3.63) is 83.4 Å². The fourth-order valence-corrected chi connectivity index (χ4v) is 5.02. The van der Waals surface area contributed by atoms with Crippen LogP contribution in [0.5, 0.6) is 17.2 Å². The van der Waals surface area contributed by atoms with Crippen LogP contribution in [0.1, 0.15) is 42.5 Å². The summed E-state index contributed by atoms with van der Waals surface area (Å²) in [5, 5.41) is 13.4. The molecular formula is C31H31F4N5O5S. The van der Waals surface area contributed by atoms with Gasteiger partial charge >= 0.3 is 6.18 Å². The number of para-hydroxylation sites is 1. The Morgan fingerprint density at radius 3 is 2.20 bits per heavy atom. The van der Waals surface area contributed by atoms with E-state index in [4.69, 9.17) is 14.2 Å². The van der Waals surface area contributed by atoms with Crippen LogP contribution in [0.15, 0.2) is 65.8 Å². The molecule has 0 aliphatic carbocycles. The highest BCUT2D eigenvalue weighted by atomic mass is 32.2. The summed E-state index contributed by atoms with van der Waals surface area (Å²) in [4.78, 5) is 25.9. The second kappa shape index (κ2) is 15.5. The average Bonchev–Trinajstić information content (AvgIpc) is 3.44. The van der Waals surface area contributed by atoms with Crippen LogP contribution < -0.4 is 24.8 Å². The van der Waals surface area contributed by atoms with Crippen molar-refractivity contribution in [1.82, 2.24) is 20.1 Å². The molecule has 0 radical (unpaired) electrons. The number of alkyl halides is 3. The first kappa shape index (κ1) is 34.1. The molecule has 2 amide bonds. The van der Waals surface area contributed by atoms with Gasteiger partial charge in [0.1, 0.15) is 5.82 Å². The Morgan fingerprint density at radius 1 is 0.891 bits per heavy atom. The number of rotatable bonds is 14. The molecular weight excluding hydrogens is 630 g/mol. The second-order valence-corrected chi connectivity index (χ2v) is 10.3. The molecule has 0 aliphatic heterocycles. The molecule has 2 N–H and O–H groups in total. The molecule has 0 spiro atoms. The third-order valence-corrected chi connectivity index (χ3v) is 7.12. The number of benzene rings is 3. The molecule has 15 heteroatoms. The Hall–Kier alpha value is -4.79. The van der Waals surface area contributed by atoms with Crippen molar-refractivity contribution >= 4 is 29.3 Å². The molecule has 46 heavy (non-hydrogen) atoms. The number of amides is 2. The standard InChI is InChI=1S/C31H31F4N5O5S/c1-4-43-24-14-19(15-25(44-5-2)28(24)45-6-3)29(42)36-17-26-38-39-30(40(26)21-11-9-10-20(16-21)31(33,34)35)46-18-27(41)37-23-13-8-7-12-22(23)32/h7-16H,4-6,17-18H2,1-3H3,(H,36,42)(H,37,41). The van der Waals surface area contributed by atoms with Crippen molar-refractivity contribution in [3.8, 4) is 22.9 Å². The van der Waals surface area contributed by atoms with Crippen molar-refractivity contribution in [1.29, 1.82) is 0 Å². The summed E-state index contributed by atoms with van der Waals surface area (Å²) in [6.45, 7) is 6.05. The first-order chi connectivity index (χ1) is 22.0. The van der Waals surface area contributed by atoms with Crippen LogP contribution in [0.25, 0.3) is 5.69 Å². The number of anilines is 1. The average molecular weight is 662 g/mol. The molecule has 1 aromatic heterocycles. The van der Waals surface area contributed by atoms with E-state index in [0.717, 1.165) is 23.9 Å². The van der Waals surface area contributed by atoms with E-state index >= 15 is 0 Å². The van der Waals surface area contributed by atoms with Crippen LogP contribution in [0.4, 0.5) is 23.2 Å². The third kappa shape index (κ3) is 8.47. The number of nitrogens with one attached hydrogen (secondary N) is 2. The van der Waals surface area contributed by atoms with Crippen LogP contribution in [-0.4, -0.2) is 52.2 Å². The van der Waals surface area contributed by atoms with Crippen LogP contribution in [0.3, 0.4) is 0 Å². The van der Waals surface area contributed by atoms with Crippen LogP contribution >= 0.6 is 11.8 Å². The lowest BCUT2D eigenvalue weighted by atomic mass is 10.1. The minimum atomic E-state index is -4.63. The molecule has 0 unspecified atom stereocenters. The maximum absolute atomic E-state index is 14.0. The molecule has 10 nitrogen and oxygen atoms in total. The van der Waals surface area contributed by atoms with Gasteiger partial charge in [-0.25, -0.2) is 4.39 Å². The number of hydrogen-bond donors (Lipinski definition) is 2. The van der Waals surface area contributed by atoms with Crippen molar-refractivity contribution in [2.45, 2.75) is 38.6 Å². The van der Waals surface area contributed by atoms with E-state index in [0.29, 0.717) is 37.1 Å². The van der Waals surface area contributed by atoms with Crippen LogP contribution in [-0.2, 0) is 17.5 Å². The number of thioether (sulfide) groups is 1. The molecule has 1 heterocycles. The highest BCUT2D eigenvalue weighted by Crippen LogP contribution is 2.39. The summed E-state index contributed by atoms with van der Waals surface area (Å²) < 4.78 is 73.1. The summed E-state index contributed by atoms with van der Waals surface area (Å²) in [5.41, 5.74) is -0.701. The third-order valence-electron chi connectivity index (χ3n) is 6.19. The van der Waals surface area contributed by atoms with Gasteiger partial charge in [-0.3, -0.25) is 14.2 Å². The van der Waals surface area contributed by atoms with Gasteiger partial charge in [-0.1, -0.05) is 30.0 Å². The molecule has 0 aliphatic rings. The van der Waals surface area contributed by atoms with Crippen LogP contribution in [0, 0.1) is 5.82 Å². The lowest BCUT2D eigenvalue weighted by Gasteiger charge is -2.17. The highest BCUT2D eigenvalue weighted by molar-refractivity contribution is 7.99. The predicted octanol–water partition coefficient (Wildman–Crippen LogP) is 6.28. The zero-order chi connectivity index (χ0) is 33.3. The first-order valence-corrected chi connectivity index (χ1v) is 15.2. The highest BCUT2D eigenvalue weighted by Gasteiger charge is 2.31. The monoisotopic (exact) mass is 661 g/mol. The second-order valence-electron chi connectivity index (χ2n) is 9.38.